The summed E-state index contributed by atoms with van der Waals surface area (Å²) in [4.78, 5) is 2.87. The fourth-order valence-electron chi connectivity index (χ4n) is 4.14. The van der Waals surface area contributed by atoms with E-state index in [9.17, 15) is 0 Å². The summed E-state index contributed by atoms with van der Waals surface area (Å²) in [6.45, 7) is 14.4. The van der Waals surface area contributed by atoms with Gasteiger partial charge in [0.15, 0.2) is 0 Å². The second-order valence-electron chi connectivity index (χ2n) is 7.24. The lowest BCUT2D eigenvalue weighted by molar-refractivity contribution is -0.0318. The molecule has 0 amide bonds. The first-order valence-corrected chi connectivity index (χ1v) is 8.53. The van der Waals surface area contributed by atoms with Gasteiger partial charge in [0.25, 0.3) is 0 Å². The van der Waals surface area contributed by atoms with E-state index in [0.717, 1.165) is 12.0 Å². The molecular weight excluding hydrogens is 232 g/mol. The Kier molecular flexibility index (Phi) is 4.62. The van der Waals surface area contributed by atoms with Crippen molar-refractivity contribution in [1.82, 2.24) is 10.2 Å². The molecule has 1 saturated heterocycles. The van der Waals surface area contributed by atoms with Crippen LogP contribution in [0.15, 0.2) is 0 Å². The van der Waals surface area contributed by atoms with Crippen molar-refractivity contribution in [2.75, 3.05) is 13.1 Å². The van der Waals surface area contributed by atoms with Gasteiger partial charge in [-0.2, -0.15) is 0 Å². The molecule has 0 aromatic heterocycles. The quantitative estimate of drug-likeness (QED) is 0.786. The van der Waals surface area contributed by atoms with E-state index >= 15 is 0 Å². The zero-order valence-corrected chi connectivity index (χ0v) is 13.8. The van der Waals surface area contributed by atoms with E-state index in [1.54, 1.807) is 0 Å². The highest BCUT2D eigenvalue weighted by molar-refractivity contribution is 5.09. The minimum atomic E-state index is 0.371. The van der Waals surface area contributed by atoms with Crippen molar-refractivity contribution in [3.05, 3.63) is 0 Å². The molecule has 2 nitrogen and oxygen atoms in total. The summed E-state index contributed by atoms with van der Waals surface area (Å²) in [5, 5.41) is 3.94. The van der Waals surface area contributed by atoms with Crippen LogP contribution >= 0.6 is 0 Å². The molecule has 2 heteroatoms. The van der Waals surface area contributed by atoms with Crippen LogP contribution in [0.25, 0.3) is 0 Å². The van der Waals surface area contributed by atoms with Crippen molar-refractivity contribution in [3.63, 3.8) is 0 Å². The molecule has 1 saturated carbocycles. The van der Waals surface area contributed by atoms with Gasteiger partial charge in [0.1, 0.15) is 0 Å². The van der Waals surface area contributed by atoms with E-state index in [0.29, 0.717) is 11.1 Å². The molecule has 0 spiro atoms. The lowest BCUT2D eigenvalue weighted by atomic mass is 9.80. The molecule has 112 valence electrons. The normalized spacial score (nSPS) is 33.3. The maximum atomic E-state index is 3.94. The van der Waals surface area contributed by atoms with Gasteiger partial charge in [-0.15, -0.1) is 0 Å². The Hall–Kier alpha value is -0.0800. The van der Waals surface area contributed by atoms with Crippen molar-refractivity contribution in [2.45, 2.75) is 90.3 Å². The Morgan fingerprint density at radius 2 is 1.84 bits per heavy atom. The molecule has 0 bridgehead atoms. The van der Waals surface area contributed by atoms with Crippen molar-refractivity contribution in [1.29, 1.82) is 0 Å². The van der Waals surface area contributed by atoms with Crippen LogP contribution in [0.4, 0.5) is 0 Å². The third-order valence-electron chi connectivity index (χ3n) is 5.96. The Morgan fingerprint density at radius 1 is 1.21 bits per heavy atom. The minimum absolute atomic E-state index is 0.371. The fourth-order valence-corrected chi connectivity index (χ4v) is 4.14. The summed E-state index contributed by atoms with van der Waals surface area (Å²) in [6, 6.07) is 0.727. The SMILES string of the molecule is CCCC(C)N1CC(C)(C2CC2)NCC1(CC)CC. The van der Waals surface area contributed by atoms with E-state index in [-0.39, 0.29) is 0 Å². The smallest absolute Gasteiger partial charge is 0.0332 e. The summed E-state index contributed by atoms with van der Waals surface area (Å²) in [7, 11) is 0. The molecule has 0 aromatic carbocycles. The molecule has 1 heterocycles. The van der Waals surface area contributed by atoms with Crippen LogP contribution in [0.1, 0.15) is 73.1 Å². The highest BCUT2D eigenvalue weighted by Crippen LogP contribution is 2.44. The Morgan fingerprint density at radius 3 is 2.32 bits per heavy atom. The lowest BCUT2D eigenvalue weighted by Gasteiger charge is -2.56. The Labute approximate surface area is 120 Å². The van der Waals surface area contributed by atoms with Gasteiger partial charge in [-0.1, -0.05) is 27.2 Å². The zero-order valence-electron chi connectivity index (χ0n) is 13.8. The predicted molar refractivity (Wildman–Crippen MR) is 83.5 cm³/mol. The van der Waals surface area contributed by atoms with Gasteiger partial charge in [-0.05, 0) is 51.9 Å². The predicted octanol–water partition coefficient (Wildman–Crippen LogP) is 3.81. The summed E-state index contributed by atoms with van der Waals surface area (Å²) in [6.07, 6.45) is 8.04. The first-order chi connectivity index (χ1) is 9.01. The second-order valence-corrected chi connectivity index (χ2v) is 7.24. The summed E-state index contributed by atoms with van der Waals surface area (Å²) < 4.78 is 0. The van der Waals surface area contributed by atoms with Gasteiger partial charge < -0.3 is 5.32 Å². The highest BCUT2D eigenvalue weighted by Gasteiger charge is 2.50. The number of rotatable bonds is 6. The minimum Gasteiger partial charge on any atom is -0.308 e. The molecule has 2 unspecified atom stereocenters. The van der Waals surface area contributed by atoms with E-state index in [1.165, 1.54) is 51.6 Å². The number of nitrogens with one attached hydrogen (secondary N) is 1. The van der Waals surface area contributed by atoms with Crippen LogP contribution in [0, 0.1) is 5.92 Å². The largest absolute Gasteiger partial charge is 0.308 e. The first kappa shape index (κ1) is 15.3. The van der Waals surface area contributed by atoms with E-state index in [1.807, 2.05) is 0 Å². The maximum Gasteiger partial charge on any atom is 0.0332 e. The van der Waals surface area contributed by atoms with Gasteiger partial charge in [0.2, 0.25) is 0 Å². The number of piperazine rings is 1. The molecule has 2 atom stereocenters. The third-order valence-corrected chi connectivity index (χ3v) is 5.96. The first-order valence-electron chi connectivity index (χ1n) is 8.53. The molecule has 2 aliphatic rings. The van der Waals surface area contributed by atoms with Crippen LogP contribution in [0.2, 0.25) is 0 Å². The summed E-state index contributed by atoms with van der Waals surface area (Å²) in [5.74, 6) is 0.926. The maximum absolute atomic E-state index is 3.94. The summed E-state index contributed by atoms with van der Waals surface area (Å²) >= 11 is 0. The van der Waals surface area contributed by atoms with Gasteiger partial charge in [-0.3, -0.25) is 4.90 Å². The van der Waals surface area contributed by atoms with Crippen LogP contribution < -0.4 is 5.32 Å². The van der Waals surface area contributed by atoms with Crippen molar-refractivity contribution >= 4 is 0 Å². The molecule has 0 radical (unpaired) electrons. The number of hydrogen-bond donors (Lipinski definition) is 1. The second kappa shape index (κ2) is 5.73. The third kappa shape index (κ3) is 2.85. The Bertz CT molecular complexity index is 294. The average Bonchev–Trinajstić information content (AvgIpc) is 3.24. The molecule has 2 fully saturated rings. The van der Waals surface area contributed by atoms with Gasteiger partial charge in [-0.25, -0.2) is 0 Å². The topological polar surface area (TPSA) is 15.3 Å². The highest BCUT2D eigenvalue weighted by atomic mass is 15.3. The van der Waals surface area contributed by atoms with Crippen molar-refractivity contribution < 1.29 is 0 Å². The fraction of sp³-hybridized carbons (Fsp3) is 1.00. The van der Waals surface area contributed by atoms with Crippen LogP contribution in [0.5, 0.6) is 0 Å². The van der Waals surface area contributed by atoms with Crippen LogP contribution in [-0.2, 0) is 0 Å². The standard InChI is InChI=1S/C17H34N2/c1-6-9-14(4)19-13-16(5,15-10-11-15)18-12-17(19,7-2)8-3/h14-15,18H,6-13H2,1-5H3. The zero-order chi connectivity index (χ0) is 14.1. The molecule has 1 N–H and O–H groups in total. The molecular formula is C17H34N2. The number of hydrogen-bond acceptors (Lipinski definition) is 2. The van der Waals surface area contributed by atoms with Crippen molar-refractivity contribution in [2.24, 2.45) is 5.92 Å². The van der Waals surface area contributed by atoms with Gasteiger partial charge in [0, 0.05) is 30.2 Å². The van der Waals surface area contributed by atoms with Gasteiger partial charge >= 0.3 is 0 Å². The number of nitrogens with zero attached hydrogens (tertiary/aromatic N) is 1. The van der Waals surface area contributed by atoms with Crippen molar-refractivity contribution in [3.8, 4) is 0 Å². The summed E-state index contributed by atoms with van der Waals surface area (Å²) in [5.41, 5.74) is 0.763. The van der Waals surface area contributed by atoms with E-state index in [4.69, 9.17) is 0 Å². The lowest BCUT2D eigenvalue weighted by Crippen LogP contribution is -2.71. The molecule has 1 aliphatic heterocycles. The Balaban J connectivity index is 2.17. The van der Waals surface area contributed by atoms with Crippen LogP contribution in [-0.4, -0.2) is 35.1 Å². The monoisotopic (exact) mass is 266 g/mol. The van der Waals surface area contributed by atoms with E-state index < -0.39 is 0 Å². The van der Waals surface area contributed by atoms with Crippen LogP contribution in [0.3, 0.4) is 0 Å². The molecule has 0 aromatic rings. The van der Waals surface area contributed by atoms with E-state index in [2.05, 4.69) is 44.8 Å². The van der Waals surface area contributed by atoms with Gasteiger partial charge in [0.05, 0.1) is 0 Å². The molecule has 2 rings (SSSR count). The molecule has 19 heavy (non-hydrogen) atoms. The molecule has 1 aliphatic carbocycles. The average molecular weight is 266 g/mol.